The van der Waals surface area contributed by atoms with Crippen LogP contribution in [0.25, 0.3) is 0 Å². The van der Waals surface area contributed by atoms with Crippen molar-refractivity contribution in [3.8, 4) is 0 Å². The van der Waals surface area contributed by atoms with E-state index in [-0.39, 0.29) is 47.3 Å². The highest BCUT2D eigenvalue weighted by molar-refractivity contribution is 7.09. The molecule has 11 heteroatoms. The fourth-order valence-corrected chi connectivity index (χ4v) is 4.89. The van der Waals surface area contributed by atoms with Crippen molar-refractivity contribution >= 4 is 11.3 Å². The molecule has 10 nitrogen and oxygen atoms in total. The molecule has 0 atom stereocenters. The summed E-state index contributed by atoms with van der Waals surface area (Å²) in [6, 6.07) is 11.7. The van der Waals surface area contributed by atoms with Crippen molar-refractivity contribution in [2.45, 2.75) is 172 Å². The lowest BCUT2D eigenvalue weighted by Gasteiger charge is -2.16. The minimum absolute atomic E-state index is 0. The van der Waals surface area contributed by atoms with E-state index >= 15 is 0 Å². The molecular formula is C50H80N10S. The van der Waals surface area contributed by atoms with Gasteiger partial charge in [-0.1, -0.05) is 146 Å². The van der Waals surface area contributed by atoms with Gasteiger partial charge in [0.25, 0.3) is 0 Å². The Bertz CT molecular complexity index is 1630. The molecule has 0 radical (unpaired) electrons. The number of hydrogen-bond donors (Lipinski definition) is 0. The molecule has 0 N–H and O–H groups in total. The second-order valence-electron chi connectivity index (χ2n) is 20.0. The lowest BCUT2D eigenvalue weighted by atomic mass is 9.89. The summed E-state index contributed by atoms with van der Waals surface area (Å²) in [4.78, 5) is 32.8. The van der Waals surface area contributed by atoms with E-state index in [2.05, 4.69) is 181 Å². The van der Waals surface area contributed by atoms with Gasteiger partial charge in [-0.15, -0.1) is 11.3 Å². The molecule has 0 unspecified atom stereocenters. The molecule has 0 amide bonds. The maximum absolute atomic E-state index is 4.25. The Kier molecular flexibility index (Phi) is 25.2. The first-order chi connectivity index (χ1) is 27.1. The van der Waals surface area contributed by atoms with Gasteiger partial charge >= 0.3 is 0 Å². The van der Waals surface area contributed by atoms with Crippen LogP contribution in [0.15, 0.2) is 110 Å². The van der Waals surface area contributed by atoms with Crippen molar-refractivity contribution in [2.75, 3.05) is 0 Å². The Labute approximate surface area is 375 Å². The van der Waals surface area contributed by atoms with Gasteiger partial charge in [0.2, 0.25) is 0 Å². The zero-order valence-corrected chi connectivity index (χ0v) is 40.1. The maximum atomic E-state index is 4.25. The molecule has 0 aliphatic carbocycles. The van der Waals surface area contributed by atoms with Crippen molar-refractivity contribution in [2.24, 2.45) is 0 Å². The molecule has 6 aromatic rings. The highest BCUT2D eigenvalue weighted by Crippen LogP contribution is 2.24. The van der Waals surface area contributed by atoms with Crippen molar-refractivity contribution in [1.82, 2.24) is 50.1 Å². The van der Waals surface area contributed by atoms with E-state index in [1.165, 1.54) is 10.6 Å². The van der Waals surface area contributed by atoms with E-state index in [1.807, 2.05) is 60.5 Å². The average Bonchev–Trinajstić information content (AvgIpc) is 3.73. The molecule has 0 fully saturated rings. The predicted octanol–water partition coefficient (Wildman–Crippen LogP) is 13.2. The Morgan fingerprint density at radius 3 is 1.20 bits per heavy atom. The van der Waals surface area contributed by atoms with Gasteiger partial charge in [0.15, 0.2) is 0 Å². The Morgan fingerprint density at radius 1 is 0.393 bits per heavy atom. The first kappa shape index (κ1) is 58.2. The van der Waals surface area contributed by atoms with E-state index in [4.69, 9.17) is 0 Å². The van der Waals surface area contributed by atoms with Crippen LogP contribution in [0.4, 0.5) is 0 Å². The van der Waals surface area contributed by atoms with Crippen LogP contribution in [0.3, 0.4) is 0 Å². The summed E-state index contributed by atoms with van der Waals surface area (Å²) in [7, 11) is 0. The van der Waals surface area contributed by atoms with E-state index in [0.29, 0.717) is 0 Å². The fourth-order valence-electron chi connectivity index (χ4n) is 4.16. The van der Waals surface area contributed by atoms with Gasteiger partial charge in [-0.2, -0.15) is 10.2 Å². The highest BCUT2D eigenvalue weighted by Gasteiger charge is 2.17. The highest BCUT2D eigenvalue weighted by atomic mass is 32.1. The molecule has 0 aliphatic heterocycles. The smallest absolute Gasteiger partial charge is 0.133 e. The summed E-state index contributed by atoms with van der Waals surface area (Å²) in [5.74, 6) is 0.898. The van der Waals surface area contributed by atoms with Crippen LogP contribution in [0.2, 0.25) is 0 Å². The van der Waals surface area contributed by atoms with Gasteiger partial charge in [0, 0.05) is 100 Å². The number of rotatable bonds is 0. The zero-order valence-electron chi connectivity index (χ0n) is 39.3. The molecule has 0 bridgehead atoms. The molecule has 6 aromatic heterocycles. The van der Waals surface area contributed by atoms with Crippen LogP contribution in [0, 0.1) is 0 Å². The lowest BCUT2D eigenvalue weighted by Crippen LogP contribution is -2.14. The summed E-state index contributed by atoms with van der Waals surface area (Å²) in [6.45, 7) is 38.5. The summed E-state index contributed by atoms with van der Waals surface area (Å²) in [5, 5.41) is 11.0. The third-order valence-corrected chi connectivity index (χ3v) is 9.04. The number of hydrogen-bond acceptors (Lipinski definition) is 11. The second-order valence-corrected chi connectivity index (χ2v) is 20.8. The quantitative estimate of drug-likeness (QED) is 0.146. The molecule has 0 saturated carbocycles. The van der Waals surface area contributed by atoms with Crippen molar-refractivity contribution in [1.29, 1.82) is 0 Å². The Balaban J connectivity index is 0. The molecule has 0 aliphatic rings. The number of pyridine rings is 1. The van der Waals surface area contributed by atoms with Crippen molar-refractivity contribution < 1.29 is 0 Å². The fraction of sp³-hybridized carbons (Fsp3) is 0.520. The minimum Gasteiger partial charge on any atom is -0.261 e. The SMILES string of the molecule is C.C.CC(C)(C)c1ccccn1.CC(C)(C)c1cccnn1.CC(C)(C)c1cnccn1.CC(C)(C)c1cncnc1.CC(C)(C)c1ncccn1.CC(C)(C)c1nccs1. The van der Waals surface area contributed by atoms with E-state index in [0.717, 1.165) is 22.9 Å². The minimum atomic E-state index is 0. The van der Waals surface area contributed by atoms with E-state index in [9.17, 15) is 0 Å². The van der Waals surface area contributed by atoms with Crippen LogP contribution in [-0.2, 0) is 32.5 Å². The number of nitrogens with zero attached hydrogens (tertiary/aromatic N) is 10. The molecule has 0 saturated heterocycles. The Hall–Kier alpha value is -4.90. The van der Waals surface area contributed by atoms with Crippen molar-refractivity contribution in [3.05, 3.63) is 144 Å². The molecule has 0 aromatic carbocycles. The summed E-state index contributed by atoms with van der Waals surface area (Å²) in [5.41, 5.74) is 5.29. The first-order valence-corrected chi connectivity index (χ1v) is 20.9. The third-order valence-electron chi connectivity index (χ3n) is 7.84. The van der Waals surface area contributed by atoms with Crippen LogP contribution >= 0.6 is 11.3 Å². The molecule has 0 spiro atoms. The largest absolute Gasteiger partial charge is 0.261 e. The van der Waals surface area contributed by atoms with Gasteiger partial charge in [0.1, 0.15) is 12.2 Å². The normalized spacial score (nSPS) is 11.2. The second kappa shape index (κ2) is 26.4. The van der Waals surface area contributed by atoms with Gasteiger partial charge in [0.05, 0.1) is 16.4 Å². The van der Waals surface area contributed by atoms with Gasteiger partial charge < -0.3 is 0 Å². The van der Waals surface area contributed by atoms with Gasteiger partial charge in [-0.3, -0.25) is 15.0 Å². The summed E-state index contributed by atoms with van der Waals surface area (Å²) in [6.07, 6.45) is 19.4. The van der Waals surface area contributed by atoms with Crippen molar-refractivity contribution in [3.63, 3.8) is 0 Å². The van der Waals surface area contributed by atoms with Crippen LogP contribution in [0.1, 0.15) is 173 Å². The van der Waals surface area contributed by atoms with Crippen LogP contribution < -0.4 is 0 Å². The number of aromatic nitrogens is 10. The predicted molar refractivity (Wildman–Crippen MR) is 260 cm³/mol. The molecule has 336 valence electrons. The number of thiazole rings is 1. The lowest BCUT2D eigenvalue weighted by molar-refractivity contribution is 0.545. The maximum Gasteiger partial charge on any atom is 0.133 e. The van der Waals surface area contributed by atoms with Gasteiger partial charge in [-0.05, 0) is 41.3 Å². The third kappa shape index (κ3) is 25.5. The monoisotopic (exact) mass is 853 g/mol. The topological polar surface area (TPSA) is 129 Å². The molecule has 61 heavy (non-hydrogen) atoms. The van der Waals surface area contributed by atoms with Crippen LogP contribution in [0.5, 0.6) is 0 Å². The van der Waals surface area contributed by atoms with E-state index in [1.54, 1.807) is 54.8 Å². The van der Waals surface area contributed by atoms with Gasteiger partial charge in [-0.25, -0.2) is 24.9 Å². The molecular weight excluding hydrogens is 773 g/mol. The Morgan fingerprint density at radius 2 is 0.918 bits per heavy atom. The summed E-state index contributed by atoms with van der Waals surface area (Å²) >= 11 is 1.72. The zero-order chi connectivity index (χ0) is 45.0. The summed E-state index contributed by atoms with van der Waals surface area (Å²) < 4.78 is 0. The van der Waals surface area contributed by atoms with Crippen LogP contribution in [-0.4, -0.2) is 50.1 Å². The molecule has 6 rings (SSSR count). The average molecular weight is 853 g/mol. The standard InChI is InChI=1S/C9H13N.4C8H12N2.C7H11NS.2CH4/c1-9(2,3)8-6-4-5-7-10-8;1-8(2,3)7-4-9-6-10-5-7;1-8(2,3)7-6-9-4-5-10-7;1-8(2,3)7-9-5-4-6-10-7;1-8(2,3)7-5-4-6-9-10-7;1-7(2,3)6-8-4-5-9-6;;/h4-7H,1-3H3;4*4-6H,1-3H3;4-5H,1-3H3;2*1H4. The van der Waals surface area contributed by atoms with E-state index < -0.39 is 0 Å². The molecule has 6 heterocycles. The first-order valence-electron chi connectivity index (χ1n) is 20.0.